The van der Waals surface area contributed by atoms with Crippen LogP contribution in [0.2, 0.25) is 0 Å². The number of carbonyl (C=O) groups excluding carboxylic acids is 1. The monoisotopic (exact) mass is 415 g/mol. The zero-order chi connectivity index (χ0) is 21.6. The molecule has 30 heavy (non-hydrogen) atoms. The summed E-state index contributed by atoms with van der Waals surface area (Å²) < 4.78 is 39.8. The molecule has 4 rings (SSSR count). The molecule has 6 nitrogen and oxygen atoms in total. The molecule has 1 N–H and O–H groups in total. The second-order valence-electron chi connectivity index (χ2n) is 7.48. The van der Waals surface area contributed by atoms with Gasteiger partial charge in [-0.15, -0.1) is 0 Å². The summed E-state index contributed by atoms with van der Waals surface area (Å²) in [6.45, 7) is 5.18. The summed E-state index contributed by atoms with van der Waals surface area (Å²) in [5, 5.41) is 6.88. The molecule has 2 aromatic heterocycles. The maximum atomic E-state index is 13.3. The summed E-state index contributed by atoms with van der Waals surface area (Å²) in [5.74, 6) is 0.117. The van der Waals surface area contributed by atoms with Crippen LogP contribution in [0.25, 0.3) is 11.4 Å². The van der Waals surface area contributed by atoms with Crippen molar-refractivity contribution >= 4 is 5.91 Å². The van der Waals surface area contributed by atoms with Gasteiger partial charge in [0, 0.05) is 23.4 Å². The number of nitrogens with one attached hydrogen (secondary N) is 1. The molecular formula is C21H20F3N5O. The number of rotatable bonds is 2. The van der Waals surface area contributed by atoms with Crippen molar-refractivity contribution in [3.8, 4) is 11.4 Å². The molecule has 3 aromatic rings. The quantitative estimate of drug-likeness (QED) is 0.684. The van der Waals surface area contributed by atoms with Gasteiger partial charge in [-0.25, -0.2) is 9.97 Å². The number of fused-ring (bicyclic) bond motifs is 1. The highest BCUT2D eigenvalue weighted by atomic mass is 19.4. The smallest absolute Gasteiger partial charge is 0.330 e. The summed E-state index contributed by atoms with van der Waals surface area (Å²) in [6, 6.07) is 5.29. The average molecular weight is 415 g/mol. The first kappa shape index (κ1) is 20.1. The Balaban J connectivity index is 1.72. The number of aromatic amines is 1. The molecule has 1 aromatic carbocycles. The highest BCUT2D eigenvalue weighted by Crippen LogP contribution is 2.35. The number of halogens is 3. The van der Waals surface area contributed by atoms with Crippen LogP contribution in [0.5, 0.6) is 0 Å². The van der Waals surface area contributed by atoms with Crippen LogP contribution in [-0.4, -0.2) is 37.0 Å². The molecule has 1 atom stereocenters. The number of alkyl halides is 3. The Kier molecular flexibility index (Phi) is 4.83. The molecule has 0 unspecified atom stereocenters. The Hall–Kier alpha value is -3.23. The van der Waals surface area contributed by atoms with E-state index in [0.29, 0.717) is 17.9 Å². The molecule has 3 heterocycles. The first-order valence-electron chi connectivity index (χ1n) is 9.50. The topological polar surface area (TPSA) is 74.8 Å². The van der Waals surface area contributed by atoms with Crippen LogP contribution in [0.3, 0.4) is 0 Å². The molecule has 0 fully saturated rings. The van der Waals surface area contributed by atoms with Crippen LogP contribution in [0.1, 0.15) is 45.5 Å². The van der Waals surface area contributed by atoms with E-state index < -0.39 is 17.6 Å². The van der Waals surface area contributed by atoms with Gasteiger partial charge in [0.25, 0.3) is 5.91 Å². The van der Waals surface area contributed by atoms with E-state index in [0.717, 1.165) is 23.0 Å². The second kappa shape index (κ2) is 7.23. The number of hydrogen-bond donors (Lipinski definition) is 1. The van der Waals surface area contributed by atoms with Gasteiger partial charge in [0.15, 0.2) is 0 Å². The SMILES string of the molecule is Cc1nc2c(c(-c3ccn[nH]3)n1)C[C@@H](C)N(C(=O)c1cccc(C(F)(F)F)c1C)C2. The minimum Gasteiger partial charge on any atom is -0.330 e. The number of H-pyrrole nitrogens is 1. The van der Waals surface area contributed by atoms with Gasteiger partial charge in [-0.2, -0.15) is 18.3 Å². The largest absolute Gasteiger partial charge is 0.416 e. The van der Waals surface area contributed by atoms with Crippen LogP contribution in [0.15, 0.2) is 30.5 Å². The predicted molar refractivity (Wildman–Crippen MR) is 104 cm³/mol. The van der Waals surface area contributed by atoms with Gasteiger partial charge in [0.2, 0.25) is 0 Å². The molecule has 0 radical (unpaired) electrons. The molecule has 9 heteroatoms. The maximum absolute atomic E-state index is 13.3. The number of benzene rings is 1. The minimum atomic E-state index is -4.51. The standard InChI is InChI=1S/C21H20F3N5O/c1-11-9-15-18(26-13(3)27-19(15)17-7-8-25-28-17)10-29(11)20(30)14-5-4-6-16(12(14)2)21(22,23)24/h4-8,11H,9-10H2,1-3H3,(H,25,28)/t11-/m1/s1. The fourth-order valence-electron chi connectivity index (χ4n) is 3.93. The summed E-state index contributed by atoms with van der Waals surface area (Å²) >= 11 is 0. The van der Waals surface area contributed by atoms with Gasteiger partial charge in [0.05, 0.1) is 29.2 Å². The third kappa shape index (κ3) is 3.44. The van der Waals surface area contributed by atoms with Crippen LogP contribution in [0, 0.1) is 13.8 Å². The third-order valence-corrected chi connectivity index (χ3v) is 5.44. The normalized spacial score (nSPS) is 16.5. The molecule has 156 valence electrons. The zero-order valence-corrected chi connectivity index (χ0v) is 16.7. The molecule has 0 spiro atoms. The Morgan fingerprint density at radius 1 is 1.20 bits per heavy atom. The van der Waals surface area contributed by atoms with E-state index in [1.807, 2.05) is 13.0 Å². The number of aryl methyl sites for hydroxylation is 1. The molecule has 0 bridgehead atoms. The van der Waals surface area contributed by atoms with Gasteiger partial charge in [-0.1, -0.05) is 6.07 Å². The van der Waals surface area contributed by atoms with Gasteiger partial charge in [-0.3, -0.25) is 9.89 Å². The number of hydrogen-bond acceptors (Lipinski definition) is 4. The number of carbonyl (C=O) groups is 1. The molecular weight excluding hydrogens is 395 g/mol. The van der Waals surface area contributed by atoms with Gasteiger partial charge < -0.3 is 4.90 Å². The van der Waals surface area contributed by atoms with E-state index in [1.165, 1.54) is 19.1 Å². The molecule has 1 aliphatic heterocycles. The molecule has 1 amide bonds. The van der Waals surface area contributed by atoms with Crippen molar-refractivity contribution < 1.29 is 18.0 Å². The van der Waals surface area contributed by atoms with Crippen molar-refractivity contribution in [2.75, 3.05) is 0 Å². The summed E-state index contributed by atoms with van der Waals surface area (Å²) in [4.78, 5) is 23.8. The van der Waals surface area contributed by atoms with Crippen molar-refractivity contribution in [3.05, 3.63) is 64.2 Å². The lowest BCUT2D eigenvalue weighted by Gasteiger charge is -2.35. The number of aromatic nitrogens is 4. The molecule has 1 aliphatic rings. The van der Waals surface area contributed by atoms with Gasteiger partial charge in [0.1, 0.15) is 5.82 Å². The second-order valence-corrected chi connectivity index (χ2v) is 7.48. The van der Waals surface area contributed by atoms with E-state index in [-0.39, 0.29) is 23.7 Å². The highest BCUT2D eigenvalue weighted by molar-refractivity contribution is 5.96. The predicted octanol–water partition coefficient (Wildman–Crippen LogP) is 4.09. The van der Waals surface area contributed by atoms with Crippen molar-refractivity contribution in [3.63, 3.8) is 0 Å². The average Bonchev–Trinajstić information content (AvgIpc) is 3.20. The van der Waals surface area contributed by atoms with E-state index >= 15 is 0 Å². The fourth-order valence-corrected chi connectivity index (χ4v) is 3.93. The van der Waals surface area contributed by atoms with Crippen LogP contribution in [-0.2, 0) is 19.1 Å². The van der Waals surface area contributed by atoms with Crippen molar-refractivity contribution in [2.24, 2.45) is 0 Å². The summed E-state index contributed by atoms with van der Waals surface area (Å²) in [7, 11) is 0. The number of nitrogens with zero attached hydrogens (tertiary/aromatic N) is 4. The minimum absolute atomic E-state index is 0.0553. The van der Waals surface area contributed by atoms with Gasteiger partial charge >= 0.3 is 6.18 Å². The van der Waals surface area contributed by atoms with Crippen LogP contribution >= 0.6 is 0 Å². The van der Waals surface area contributed by atoms with E-state index in [2.05, 4.69) is 20.2 Å². The zero-order valence-electron chi connectivity index (χ0n) is 16.7. The van der Waals surface area contributed by atoms with E-state index in [1.54, 1.807) is 18.0 Å². The maximum Gasteiger partial charge on any atom is 0.416 e. The van der Waals surface area contributed by atoms with Crippen molar-refractivity contribution in [2.45, 2.75) is 46.0 Å². The molecule has 0 aliphatic carbocycles. The van der Waals surface area contributed by atoms with Gasteiger partial charge in [-0.05, 0) is 51.0 Å². The summed E-state index contributed by atoms with van der Waals surface area (Å²) in [6.07, 6.45) is -2.38. The first-order chi connectivity index (χ1) is 14.2. The Bertz CT molecular complexity index is 1110. The van der Waals surface area contributed by atoms with E-state index in [4.69, 9.17) is 0 Å². The highest BCUT2D eigenvalue weighted by Gasteiger charge is 2.36. The van der Waals surface area contributed by atoms with Crippen LogP contribution < -0.4 is 0 Å². The lowest BCUT2D eigenvalue weighted by atomic mass is 9.94. The van der Waals surface area contributed by atoms with Crippen molar-refractivity contribution in [1.82, 2.24) is 25.1 Å². The number of amides is 1. The van der Waals surface area contributed by atoms with E-state index in [9.17, 15) is 18.0 Å². The first-order valence-corrected chi connectivity index (χ1v) is 9.50. The lowest BCUT2D eigenvalue weighted by Crippen LogP contribution is -2.43. The fraction of sp³-hybridized carbons (Fsp3) is 0.333. The van der Waals surface area contributed by atoms with Crippen molar-refractivity contribution in [1.29, 1.82) is 0 Å². The molecule has 0 saturated heterocycles. The third-order valence-electron chi connectivity index (χ3n) is 5.44. The van der Waals surface area contributed by atoms with Crippen LogP contribution in [0.4, 0.5) is 13.2 Å². The Morgan fingerprint density at radius 2 is 1.97 bits per heavy atom. The molecule has 0 saturated carbocycles. The summed E-state index contributed by atoms with van der Waals surface area (Å²) in [5.41, 5.74) is 2.31. The lowest BCUT2D eigenvalue weighted by molar-refractivity contribution is -0.138. The Morgan fingerprint density at radius 3 is 2.63 bits per heavy atom. The Labute approximate surface area is 171 Å².